The maximum Gasteiger partial charge on any atom is 0.310 e. The smallest absolute Gasteiger partial charge is 0.310 e. The summed E-state index contributed by atoms with van der Waals surface area (Å²) in [6.45, 7) is 3.11. The standard InChI is InChI=1S/C16H20N2O4/c1-16(2,15(21)22)9-17-13(19)11-4-3-5-12(8-11)18-14(20)10-6-7-10/h3-5,8,10H,6-7,9H2,1-2H3,(H,17,19)(H,18,20)(H,21,22). The van der Waals surface area contributed by atoms with Crippen molar-refractivity contribution in [2.75, 3.05) is 11.9 Å². The summed E-state index contributed by atoms with van der Waals surface area (Å²) >= 11 is 0. The fourth-order valence-corrected chi connectivity index (χ4v) is 1.81. The van der Waals surface area contributed by atoms with Gasteiger partial charge in [-0.1, -0.05) is 6.07 Å². The van der Waals surface area contributed by atoms with Gasteiger partial charge in [-0.15, -0.1) is 0 Å². The molecular weight excluding hydrogens is 284 g/mol. The van der Waals surface area contributed by atoms with Gasteiger partial charge in [-0.05, 0) is 44.9 Å². The van der Waals surface area contributed by atoms with Gasteiger partial charge in [0, 0.05) is 23.7 Å². The Hall–Kier alpha value is -2.37. The monoisotopic (exact) mass is 304 g/mol. The highest BCUT2D eigenvalue weighted by molar-refractivity contribution is 5.98. The number of aliphatic carboxylic acids is 1. The van der Waals surface area contributed by atoms with E-state index in [0.29, 0.717) is 11.3 Å². The molecule has 0 heterocycles. The van der Waals surface area contributed by atoms with Crippen LogP contribution in [0.5, 0.6) is 0 Å². The number of amides is 2. The first-order valence-electron chi connectivity index (χ1n) is 7.22. The van der Waals surface area contributed by atoms with Crippen molar-refractivity contribution in [3.63, 3.8) is 0 Å². The van der Waals surface area contributed by atoms with Crippen molar-refractivity contribution < 1.29 is 19.5 Å². The summed E-state index contributed by atoms with van der Waals surface area (Å²) in [5.41, 5.74) is -0.0789. The molecule has 1 fully saturated rings. The highest BCUT2D eigenvalue weighted by atomic mass is 16.4. The molecule has 1 aliphatic carbocycles. The third kappa shape index (κ3) is 4.07. The molecule has 0 radical (unpaired) electrons. The van der Waals surface area contributed by atoms with Gasteiger partial charge in [0.05, 0.1) is 5.41 Å². The molecule has 6 heteroatoms. The van der Waals surface area contributed by atoms with E-state index in [9.17, 15) is 14.4 Å². The zero-order valence-corrected chi connectivity index (χ0v) is 12.7. The van der Waals surface area contributed by atoms with E-state index in [4.69, 9.17) is 5.11 Å². The van der Waals surface area contributed by atoms with Crippen LogP contribution in [0.3, 0.4) is 0 Å². The number of carbonyl (C=O) groups excluding carboxylic acids is 2. The normalized spacial score (nSPS) is 14.3. The van der Waals surface area contributed by atoms with Crippen molar-refractivity contribution in [3.8, 4) is 0 Å². The van der Waals surface area contributed by atoms with Crippen LogP contribution in [0.15, 0.2) is 24.3 Å². The Balaban J connectivity index is 1.97. The third-order valence-corrected chi connectivity index (χ3v) is 3.61. The zero-order chi connectivity index (χ0) is 16.3. The van der Waals surface area contributed by atoms with Crippen LogP contribution in [0.4, 0.5) is 5.69 Å². The molecule has 6 nitrogen and oxygen atoms in total. The highest BCUT2D eigenvalue weighted by Crippen LogP contribution is 2.30. The molecule has 0 saturated heterocycles. The van der Waals surface area contributed by atoms with E-state index in [0.717, 1.165) is 12.8 Å². The highest BCUT2D eigenvalue weighted by Gasteiger charge is 2.30. The lowest BCUT2D eigenvalue weighted by molar-refractivity contribution is -0.146. The van der Waals surface area contributed by atoms with Gasteiger partial charge >= 0.3 is 5.97 Å². The minimum atomic E-state index is -1.03. The molecule has 0 spiro atoms. The Morgan fingerprint density at radius 3 is 2.55 bits per heavy atom. The first-order valence-corrected chi connectivity index (χ1v) is 7.22. The van der Waals surface area contributed by atoms with Gasteiger partial charge in [0.25, 0.3) is 5.91 Å². The van der Waals surface area contributed by atoms with Crippen molar-refractivity contribution in [3.05, 3.63) is 29.8 Å². The number of hydrogen-bond donors (Lipinski definition) is 3. The van der Waals surface area contributed by atoms with E-state index >= 15 is 0 Å². The molecule has 1 aliphatic rings. The number of carboxylic acid groups (broad SMARTS) is 1. The van der Waals surface area contributed by atoms with Crippen LogP contribution in [0.2, 0.25) is 0 Å². The number of carbonyl (C=O) groups is 3. The Labute approximate surface area is 128 Å². The average molecular weight is 304 g/mol. The van der Waals surface area contributed by atoms with Crippen LogP contribution in [-0.2, 0) is 9.59 Å². The van der Waals surface area contributed by atoms with Gasteiger partial charge in [-0.25, -0.2) is 0 Å². The van der Waals surface area contributed by atoms with Crippen molar-refractivity contribution in [1.82, 2.24) is 5.32 Å². The van der Waals surface area contributed by atoms with Crippen LogP contribution in [0.1, 0.15) is 37.0 Å². The van der Waals surface area contributed by atoms with Gasteiger partial charge in [0.1, 0.15) is 0 Å². The predicted molar refractivity (Wildman–Crippen MR) is 81.5 cm³/mol. The third-order valence-electron chi connectivity index (χ3n) is 3.61. The lowest BCUT2D eigenvalue weighted by Crippen LogP contribution is -2.38. The molecule has 3 N–H and O–H groups in total. The molecule has 0 bridgehead atoms. The molecule has 2 amide bonds. The molecule has 118 valence electrons. The van der Waals surface area contributed by atoms with Gasteiger partial charge in [-0.2, -0.15) is 0 Å². The summed E-state index contributed by atoms with van der Waals surface area (Å²) < 4.78 is 0. The summed E-state index contributed by atoms with van der Waals surface area (Å²) in [6.07, 6.45) is 1.83. The maximum atomic E-state index is 12.1. The average Bonchev–Trinajstić information content (AvgIpc) is 3.29. The van der Waals surface area contributed by atoms with E-state index in [-0.39, 0.29) is 24.3 Å². The summed E-state index contributed by atoms with van der Waals surface area (Å²) in [5.74, 6) is -1.27. The van der Waals surface area contributed by atoms with Crippen molar-refractivity contribution >= 4 is 23.5 Å². The SMILES string of the molecule is CC(C)(CNC(=O)c1cccc(NC(=O)C2CC2)c1)C(=O)O. The summed E-state index contributed by atoms with van der Waals surface area (Å²) in [7, 11) is 0. The van der Waals surface area contributed by atoms with Crippen LogP contribution < -0.4 is 10.6 Å². The first kappa shape index (κ1) is 16.0. The predicted octanol–water partition coefficient (Wildman–Crippen LogP) is 1.88. The second-order valence-corrected chi connectivity index (χ2v) is 6.22. The maximum absolute atomic E-state index is 12.1. The summed E-state index contributed by atoms with van der Waals surface area (Å²) in [4.78, 5) is 34.8. The van der Waals surface area contributed by atoms with E-state index in [2.05, 4.69) is 10.6 Å². The number of carboxylic acids is 1. The summed E-state index contributed by atoms with van der Waals surface area (Å²) in [6, 6.07) is 6.61. The van der Waals surface area contributed by atoms with Gasteiger partial charge in [-0.3, -0.25) is 14.4 Å². The lowest BCUT2D eigenvalue weighted by Gasteiger charge is -2.19. The van der Waals surface area contributed by atoms with Crippen LogP contribution in [0, 0.1) is 11.3 Å². The fourth-order valence-electron chi connectivity index (χ4n) is 1.81. The molecule has 22 heavy (non-hydrogen) atoms. The molecule has 0 aliphatic heterocycles. The minimum absolute atomic E-state index is 0.0235. The largest absolute Gasteiger partial charge is 0.481 e. The van der Waals surface area contributed by atoms with Gasteiger partial charge < -0.3 is 15.7 Å². The van der Waals surface area contributed by atoms with E-state index < -0.39 is 11.4 Å². The second kappa shape index (κ2) is 6.17. The Morgan fingerprint density at radius 2 is 1.95 bits per heavy atom. The molecular formula is C16H20N2O4. The zero-order valence-electron chi connectivity index (χ0n) is 12.7. The molecule has 1 aromatic rings. The summed E-state index contributed by atoms with van der Waals surface area (Å²) in [5, 5.41) is 14.4. The van der Waals surface area contributed by atoms with Gasteiger partial charge in [0.15, 0.2) is 0 Å². The van der Waals surface area contributed by atoms with Crippen LogP contribution in [-0.4, -0.2) is 29.4 Å². The van der Waals surface area contributed by atoms with Crippen molar-refractivity contribution in [2.45, 2.75) is 26.7 Å². The van der Waals surface area contributed by atoms with E-state index in [1.807, 2.05) is 0 Å². The van der Waals surface area contributed by atoms with Crippen LogP contribution in [0.25, 0.3) is 0 Å². The topological polar surface area (TPSA) is 95.5 Å². The quantitative estimate of drug-likeness (QED) is 0.747. The first-order chi connectivity index (χ1) is 10.3. The Bertz CT molecular complexity index is 606. The van der Waals surface area contributed by atoms with Crippen molar-refractivity contribution in [1.29, 1.82) is 0 Å². The number of benzene rings is 1. The number of anilines is 1. The molecule has 2 rings (SSSR count). The molecule has 0 atom stereocenters. The molecule has 1 aromatic carbocycles. The molecule has 1 saturated carbocycles. The molecule has 0 aromatic heterocycles. The Kier molecular flexibility index (Phi) is 4.49. The second-order valence-electron chi connectivity index (χ2n) is 6.22. The number of nitrogens with one attached hydrogen (secondary N) is 2. The Morgan fingerprint density at radius 1 is 1.27 bits per heavy atom. The minimum Gasteiger partial charge on any atom is -0.481 e. The number of rotatable bonds is 6. The van der Waals surface area contributed by atoms with Crippen LogP contribution >= 0.6 is 0 Å². The van der Waals surface area contributed by atoms with E-state index in [1.54, 1.807) is 38.1 Å². The van der Waals surface area contributed by atoms with E-state index in [1.165, 1.54) is 0 Å². The van der Waals surface area contributed by atoms with Crippen molar-refractivity contribution in [2.24, 2.45) is 11.3 Å². The fraction of sp³-hybridized carbons (Fsp3) is 0.438. The van der Waals surface area contributed by atoms with Gasteiger partial charge in [0.2, 0.25) is 5.91 Å². The molecule has 0 unspecified atom stereocenters. The lowest BCUT2D eigenvalue weighted by atomic mass is 9.94. The number of hydrogen-bond acceptors (Lipinski definition) is 3.